The van der Waals surface area contributed by atoms with Crippen LogP contribution < -0.4 is 0 Å². The summed E-state index contributed by atoms with van der Waals surface area (Å²) in [6.07, 6.45) is 6.85. The first-order valence-corrected chi connectivity index (χ1v) is 4.20. The van der Waals surface area contributed by atoms with E-state index in [9.17, 15) is 0 Å². The van der Waals surface area contributed by atoms with Crippen LogP contribution >= 0.6 is 0 Å². The Labute approximate surface area is 68.8 Å². The number of hydrogen-bond donors (Lipinski definition) is 0. The molecule has 1 rings (SSSR count). The van der Waals surface area contributed by atoms with Crippen molar-refractivity contribution in [3.05, 3.63) is 23.5 Å². The first-order valence-electron chi connectivity index (χ1n) is 4.20. The lowest BCUT2D eigenvalue weighted by Crippen LogP contribution is -2.02. The predicted octanol–water partition coefficient (Wildman–Crippen LogP) is 2.89. The van der Waals surface area contributed by atoms with Crippen LogP contribution in [0.3, 0.4) is 0 Å². The highest BCUT2D eigenvalue weighted by atomic mass is 16.5. The highest BCUT2D eigenvalue weighted by Crippen LogP contribution is 2.24. The average molecular weight is 152 g/mol. The number of hydrogen-bond acceptors (Lipinski definition) is 1. The smallest absolute Gasteiger partial charge is 0.117 e. The van der Waals surface area contributed by atoms with E-state index in [0.29, 0.717) is 0 Å². The van der Waals surface area contributed by atoms with Crippen LogP contribution in [0.15, 0.2) is 23.5 Å². The first kappa shape index (κ1) is 8.38. The van der Waals surface area contributed by atoms with Crippen molar-refractivity contribution in [1.82, 2.24) is 0 Å². The van der Waals surface area contributed by atoms with Crippen molar-refractivity contribution in [2.24, 2.45) is 5.92 Å². The fourth-order valence-corrected chi connectivity index (χ4v) is 1.45. The topological polar surface area (TPSA) is 9.23 Å². The van der Waals surface area contributed by atoms with Gasteiger partial charge in [0.05, 0.1) is 7.11 Å². The fourth-order valence-electron chi connectivity index (χ4n) is 1.45. The Balaban J connectivity index is 2.66. The summed E-state index contributed by atoms with van der Waals surface area (Å²) in [6.45, 7) is 4.33. The molecule has 0 aliphatic heterocycles. The number of allylic oxidation sites excluding steroid dienone is 3. The third-order valence-electron chi connectivity index (χ3n) is 2.22. The standard InChI is InChI=1S/C10H16O/c1-4-9-5-6-10(11-3)8(2)7-9/h6-7,9H,4-5H2,1-3H3. The molecule has 1 unspecified atom stereocenters. The summed E-state index contributed by atoms with van der Waals surface area (Å²) in [5.41, 5.74) is 1.28. The van der Waals surface area contributed by atoms with Gasteiger partial charge in [0.25, 0.3) is 0 Å². The Hall–Kier alpha value is -0.720. The van der Waals surface area contributed by atoms with E-state index >= 15 is 0 Å². The summed E-state index contributed by atoms with van der Waals surface area (Å²) in [7, 11) is 1.73. The number of ether oxygens (including phenoxy) is 1. The van der Waals surface area contributed by atoms with Gasteiger partial charge < -0.3 is 4.74 Å². The molecule has 0 spiro atoms. The van der Waals surface area contributed by atoms with Crippen LogP contribution in [0.4, 0.5) is 0 Å². The lowest BCUT2D eigenvalue weighted by Gasteiger charge is -2.17. The lowest BCUT2D eigenvalue weighted by molar-refractivity contribution is 0.294. The van der Waals surface area contributed by atoms with Gasteiger partial charge in [-0.2, -0.15) is 0 Å². The van der Waals surface area contributed by atoms with Gasteiger partial charge in [0, 0.05) is 0 Å². The molecule has 0 aromatic carbocycles. The molecule has 1 heteroatoms. The molecule has 1 aliphatic rings. The van der Waals surface area contributed by atoms with Crippen LogP contribution in [-0.4, -0.2) is 7.11 Å². The van der Waals surface area contributed by atoms with Crippen molar-refractivity contribution < 1.29 is 4.74 Å². The zero-order chi connectivity index (χ0) is 8.27. The van der Waals surface area contributed by atoms with E-state index in [-0.39, 0.29) is 0 Å². The van der Waals surface area contributed by atoms with Crippen molar-refractivity contribution in [1.29, 1.82) is 0 Å². The van der Waals surface area contributed by atoms with E-state index in [0.717, 1.165) is 18.1 Å². The van der Waals surface area contributed by atoms with Gasteiger partial charge in [0.2, 0.25) is 0 Å². The quantitative estimate of drug-likeness (QED) is 0.591. The summed E-state index contributed by atoms with van der Waals surface area (Å²) in [5, 5.41) is 0. The third kappa shape index (κ3) is 1.86. The van der Waals surface area contributed by atoms with Crippen molar-refractivity contribution in [3.8, 4) is 0 Å². The molecule has 11 heavy (non-hydrogen) atoms. The molecular formula is C10H16O. The second-order valence-corrected chi connectivity index (χ2v) is 3.03. The van der Waals surface area contributed by atoms with Gasteiger partial charge in [-0.1, -0.05) is 13.0 Å². The Morgan fingerprint density at radius 2 is 2.36 bits per heavy atom. The van der Waals surface area contributed by atoms with Gasteiger partial charge in [-0.15, -0.1) is 0 Å². The van der Waals surface area contributed by atoms with Crippen LogP contribution in [0, 0.1) is 5.92 Å². The molecule has 0 bridgehead atoms. The maximum absolute atomic E-state index is 5.19. The minimum atomic E-state index is 0.730. The second-order valence-electron chi connectivity index (χ2n) is 3.03. The Kier molecular flexibility index (Phi) is 2.75. The summed E-state index contributed by atoms with van der Waals surface area (Å²) >= 11 is 0. The van der Waals surface area contributed by atoms with Crippen molar-refractivity contribution >= 4 is 0 Å². The molecule has 1 aliphatic carbocycles. The summed E-state index contributed by atoms with van der Waals surface area (Å²) in [4.78, 5) is 0. The monoisotopic (exact) mass is 152 g/mol. The van der Waals surface area contributed by atoms with E-state index in [1.165, 1.54) is 12.0 Å². The predicted molar refractivity (Wildman–Crippen MR) is 47.2 cm³/mol. The zero-order valence-corrected chi connectivity index (χ0v) is 7.55. The summed E-state index contributed by atoms with van der Waals surface area (Å²) in [5.74, 6) is 1.78. The number of rotatable bonds is 2. The largest absolute Gasteiger partial charge is 0.497 e. The van der Waals surface area contributed by atoms with Gasteiger partial charge in [0.15, 0.2) is 0 Å². The van der Waals surface area contributed by atoms with Gasteiger partial charge in [-0.25, -0.2) is 0 Å². The van der Waals surface area contributed by atoms with Crippen LogP contribution in [0.25, 0.3) is 0 Å². The molecule has 0 amide bonds. The molecule has 0 N–H and O–H groups in total. The molecular weight excluding hydrogens is 136 g/mol. The van der Waals surface area contributed by atoms with Crippen molar-refractivity contribution in [2.75, 3.05) is 7.11 Å². The van der Waals surface area contributed by atoms with Gasteiger partial charge in [-0.3, -0.25) is 0 Å². The van der Waals surface area contributed by atoms with E-state index in [1.54, 1.807) is 7.11 Å². The normalized spacial score (nSPS) is 24.1. The van der Waals surface area contributed by atoms with Crippen molar-refractivity contribution in [2.45, 2.75) is 26.7 Å². The zero-order valence-electron chi connectivity index (χ0n) is 7.55. The molecule has 62 valence electrons. The van der Waals surface area contributed by atoms with Gasteiger partial charge >= 0.3 is 0 Å². The Morgan fingerprint density at radius 3 is 2.82 bits per heavy atom. The molecule has 1 atom stereocenters. The Morgan fingerprint density at radius 1 is 1.64 bits per heavy atom. The molecule has 0 heterocycles. The molecule has 0 fully saturated rings. The molecule has 0 saturated heterocycles. The van der Waals surface area contributed by atoms with Crippen LogP contribution in [-0.2, 0) is 4.74 Å². The van der Waals surface area contributed by atoms with E-state index in [2.05, 4.69) is 26.0 Å². The Bertz CT molecular complexity index is 189. The van der Waals surface area contributed by atoms with Crippen LogP contribution in [0.5, 0.6) is 0 Å². The molecule has 1 nitrogen and oxygen atoms in total. The molecule has 0 aromatic heterocycles. The molecule has 0 aromatic rings. The average Bonchev–Trinajstić information content (AvgIpc) is 2.04. The minimum absolute atomic E-state index is 0.730. The van der Waals surface area contributed by atoms with E-state index < -0.39 is 0 Å². The third-order valence-corrected chi connectivity index (χ3v) is 2.22. The minimum Gasteiger partial charge on any atom is -0.497 e. The van der Waals surface area contributed by atoms with Crippen LogP contribution in [0.1, 0.15) is 26.7 Å². The maximum atomic E-state index is 5.19. The highest BCUT2D eigenvalue weighted by molar-refractivity contribution is 5.28. The number of methoxy groups -OCH3 is 1. The van der Waals surface area contributed by atoms with Crippen LogP contribution in [0.2, 0.25) is 0 Å². The van der Waals surface area contributed by atoms with Gasteiger partial charge in [-0.05, 0) is 37.3 Å². The van der Waals surface area contributed by atoms with Gasteiger partial charge in [0.1, 0.15) is 5.76 Å². The second kappa shape index (κ2) is 3.61. The maximum Gasteiger partial charge on any atom is 0.117 e. The molecule has 0 saturated carbocycles. The SMILES string of the molecule is CCC1C=C(C)C(OC)=CC1. The van der Waals surface area contributed by atoms with Crippen molar-refractivity contribution in [3.63, 3.8) is 0 Å². The lowest BCUT2D eigenvalue weighted by atomic mass is 9.94. The van der Waals surface area contributed by atoms with E-state index in [4.69, 9.17) is 4.74 Å². The van der Waals surface area contributed by atoms with E-state index in [1.807, 2.05) is 0 Å². The molecule has 0 radical (unpaired) electrons. The fraction of sp³-hybridized carbons (Fsp3) is 0.600. The summed E-state index contributed by atoms with van der Waals surface area (Å²) < 4.78 is 5.19. The first-order chi connectivity index (χ1) is 5.27. The highest BCUT2D eigenvalue weighted by Gasteiger charge is 2.10. The summed E-state index contributed by atoms with van der Waals surface area (Å²) in [6, 6.07) is 0.